The monoisotopic (exact) mass is 329 g/mol. The third-order valence-electron chi connectivity index (χ3n) is 3.55. The zero-order valence-corrected chi connectivity index (χ0v) is 12.4. The Kier molecular flexibility index (Phi) is 3.18. The van der Waals surface area contributed by atoms with E-state index in [1.807, 2.05) is 37.3 Å². The van der Waals surface area contributed by atoms with Crippen LogP contribution in [0.4, 0.5) is 0 Å². The first-order chi connectivity index (χ1) is 9.59. The van der Waals surface area contributed by atoms with Crippen LogP contribution < -0.4 is 0 Å². The van der Waals surface area contributed by atoms with Gasteiger partial charge in [-0.3, -0.25) is 14.5 Å². The minimum atomic E-state index is -0.276. The minimum absolute atomic E-state index is 0.228. The molecule has 1 aliphatic heterocycles. The Morgan fingerprint density at radius 2 is 1.60 bits per heavy atom. The normalized spacial score (nSPS) is 15.4. The fraction of sp³-hybridized carbons (Fsp3) is 0.125. The fourth-order valence-corrected chi connectivity index (χ4v) is 2.83. The van der Waals surface area contributed by atoms with Crippen molar-refractivity contribution in [3.63, 3.8) is 0 Å². The quantitative estimate of drug-likeness (QED) is 0.786. The van der Waals surface area contributed by atoms with Gasteiger partial charge in [-0.25, -0.2) is 0 Å². The van der Waals surface area contributed by atoms with E-state index in [0.717, 1.165) is 10.0 Å². The molecule has 0 bridgehead atoms. The number of hydrogen-bond donors (Lipinski definition) is 0. The standard InChI is InChI=1S/C16H12BrNO2/c1-10(11-5-3-2-4-6-11)18-15(19)13-8-7-12(17)9-14(13)16(18)20/h2-10H,1H3/t10-/m1/s1. The third-order valence-corrected chi connectivity index (χ3v) is 4.04. The van der Waals surface area contributed by atoms with Crippen molar-refractivity contribution in [1.82, 2.24) is 4.90 Å². The van der Waals surface area contributed by atoms with E-state index < -0.39 is 0 Å². The minimum Gasteiger partial charge on any atom is -0.269 e. The van der Waals surface area contributed by atoms with Crippen LogP contribution in [-0.4, -0.2) is 16.7 Å². The summed E-state index contributed by atoms with van der Waals surface area (Å²) in [7, 11) is 0. The van der Waals surface area contributed by atoms with E-state index in [-0.39, 0.29) is 17.9 Å². The van der Waals surface area contributed by atoms with Crippen LogP contribution in [0.5, 0.6) is 0 Å². The van der Waals surface area contributed by atoms with Crippen LogP contribution in [0.1, 0.15) is 39.2 Å². The molecule has 0 spiro atoms. The number of nitrogens with zero attached hydrogens (tertiary/aromatic N) is 1. The molecule has 0 N–H and O–H groups in total. The van der Waals surface area contributed by atoms with Crippen molar-refractivity contribution in [2.75, 3.05) is 0 Å². The highest BCUT2D eigenvalue weighted by atomic mass is 79.9. The Morgan fingerprint density at radius 3 is 2.30 bits per heavy atom. The lowest BCUT2D eigenvalue weighted by Crippen LogP contribution is -2.32. The number of carbonyl (C=O) groups is 2. The molecule has 2 aromatic rings. The molecular weight excluding hydrogens is 318 g/mol. The maximum Gasteiger partial charge on any atom is 0.262 e. The summed E-state index contributed by atoms with van der Waals surface area (Å²) in [5.74, 6) is -0.462. The van der Waals surface area contributed by atoms with Gasteiger partial charge in [0.25, 0.3) is 11.8 Å². The third kappa shape index (κ3) is 1.96. The molecule has 1 aliphatic rings. The molecular formula is C16H12BrNO2. The van der Waals surface area contributed by atoms with Crippen molar-refractivity contribution in [2.45, 2.75) is 13.0 Å². The number of halogens is 1. The summed E-state index contributed by atoms with van der Waals surface area (Å²) in [5, 5.41) is 0. The zero-order valence-electron chi connectivity index (χ0n) is 10.8. The molecule has 2 amide bonds. The Hall–Kier alpha value is -1.94. The van der Waals surface area contributed by atoms with Crippen molar-refractivity contribution in [2.24, 2.45) is 0 Å². The predicted molar refractivity (Wildman–Crippen MR) is 79.5 cm³/mol. The number of benzene rings is 2. The SMILES string of the molecule is C[C@H](c1ccccc1)N1C(=O)c2ccc(Br)cc2C1=O. The number of carbonyl (C=O) groups excluding carboxylic acids is 2. The van der Waals surface area contributed by atoms with Crippen molar-refractivity contribution in [3.05, 3.63) is 69.7 Å². The summed E-state index contributed by atoms with van der Waals surface area (Å²) in [4.78, 5) is 26.2. The second-order valence-electron chi connectivity index (χ2n) is 4.76. The lowest BCUT2D eigenvalue weighted by Gasteiger charge is -2.22. The maximum atomic E-state index is 12.5. The number of imide groups is 1. The predicted octanol–water partition coefficient (Wildman–Crippen LogP) is 3.81. The Labute approximate surface area is 125 Å². The molecule has 0 aromatic heterocycles. The zero-order chi connectivity index (χ0) is 14.3. The van der Waals surface area contributed by atoms with Gasteiger partial charge in [0.2, 0.25) is 0 Å². The molecule has 2 aromatic carbocycles. The molecule has 1 heterocycles. The van der Waals surface area contributed by atoms with E-state index in [1.54, 1.807) is 18.2 Å². The number of rotatable bonds is 2. The van der Waals surface area contributed by atoms with Gasteiger partial charge in [0.1, 0.15) is 0 Å². The van der Waals surface area contributed by atoms with Gasteiger partial charge in [-0.15, -0.1) is 0 Å². The van der Waals surface area contributed by atoms with Crippen LogP contribution in [0.3, 0.4) is 0 Å². The van der Waals surface area contributed by atoms with Gasteiger partial charge in [-0.2, -0.15) is 0 Å². The van der Waals surface area contributed by atoms with Gasteiger partial charge in [0, 0.05) is 4.47 Å². The average molecular weight is 330 g/mol. The van der Waals surface area contributed by atoms with Crippen LogP contribution in [0.15, 0.2) is 53.0 Å². The van der Waals surface area contributed by atoms with E-state index in [0.29, 0.717) is 11.1 Å². The Morgan fingerprint density at radius 1 is 0.950 bits per heavy atom. The summed E-state index contributed by atoms with van der Waals surface area (Å²) in [6.07, 6.45) is 0. The average Bonchev–Trinajstić information content (AvgIpc) is 2.71. The van der Waals surface area contributed by atoms with Gasteiger partial charge in [-0.1, -0.05) is 46.3 Å². The lowest BCUT2D eigenvalue weighted by atomic mass is 10.1. The molecule has 4 heteroatoms. The molecule has 0 radical (unpaired) electrons. The van der Waals surface area contributed by atoms with Crippen molar-refractivity contribution in [1.29, 1.82) is 0 Å². The molecule has 1 atom stereocenters. The molecule has 0 fully saturated rings. The van der Waals surface area contributed by atoms with Crippen molar-refractivity contribution >= 4 is 27.7 Å². The fourth-order valence-electron chi connectivity index (χ4n) is 2.46. The molecule has 3 rings (SSSR count). The second-order valence-corrected chi connectivity index (χ2v) is 5.67. The van der Waals surface area contributed by atoms with Gasteiger partial charge >= 0.3 is 0 Å². The number of fused-ring (bicyclic) bond motifs is 1. The Bertz CT molecular complexity index is 697. The van der Waals surface area contributed by atoms with Gasteiger partial charge < -0.3 is 0 Å². The molecule has 0 aliphatic carbocycles. The van der Waals surface area contributed by atoms with Crippen LogP contribution in [-0.2, 0) is 0 Å². The number of amides is 2. The van der Waals surface area contributed by atoms with E-state index >= 15 is 0 Å². The molecule has 100 valence electrons. The summed E-state index contributed by atoms with van der Waals surface area (Å²) >= 11 is 3.33. The lowest BCUT2D eigenvalue weighted by molar-refractivity contribution is 0.0595. The van der Waals surface area contributed by atoms with E-state index in [1.165, 1.54) is 4.90 Å². The molecule has 0 saturated heterocycles. The summed E-state index contributed by atoms with van der Waals surface area (Å²) in [5.41, 5.74) is 1.88. The van der Waals surface area contributed by atoms with Crippen molar-refractivity contribution in [3.8, 4) is 0 Å². The van der Waals surface area contributed by atoms with E-state index in [4.69, 9.17) is 0 Å². The van der Waals surface area contributed by atoms with Crippen LogP contribution in [0, 0.1) is 0 Å². The number of hydrogen-bond acceptors (Lipinski definition) is 2. The molecule has 0 saturated carbocycles. The van der Waals surface area contributed by atoms with Crippen molar-refractivity contribution < 1.29 is 9.59 Å². The van der Waals surface area contributed by atoms with Gasteiger partial charge in [0.05, 0.1) is 17.2 Å². The molecule has 20 heavy (non-hydrogen) atoms. The van der Waals surface area contributed by atoms with Gasteiger partial charge in [0.15, 0.2) is 0 Å². The largest absolute Gasteiger partial charge is 0.269 e. The highest BCUT2D eigenvalue weighted by Crippen LogP contribution is 2.32. The Balaban J connectivity index is 2.02. The summed E-state index contributed by atoms with van der Waals surface area (Å²) in [6.45, 7) is 1.87. The highest BCUT2D eigenvalue weighted by Gasteiger charge is 2.38. The smallest absolute Gasteiger partial charge is 0.262 e. The first-order valence-corrected chi connectivity index (χ1v) is 7.11. The van der Waals surface area contributed by atoms with Crippen LogP contribution >= 0.6 is 15.9 Å². The topological polar surface area (TPSA) is 37.4 Å². The van der Waals surface area contributed by atoms with E-state index in [2.05, 4.69) is 15.9 Å². The first-order valence-electron chi connectivity index (χ1n) is 6.32. The second kappa shape index (κ2) is 4.87. The maximum absolute atomic E-state index is 12.5. The van der Waals surface area contributed by atoms with Crippen LogP contribution in [0.25, 0.3) is 0 Å². The highest BCUT2D eigenvalue weighted by molar-refractivity contribution is 9.10. The van der Waals surface area contributed by atoms with Gasteiger partial charge in [-0.05, 0) is 30.7 Å². The van der Waals surface area contributed by atoms with Crippen LogP contribution in [0.2, 0.25) is 0 Å². The molecule has 0 unspecified atom stereocenters. The summed E-state index contributed by atoms with van der Waals surface area (Å²) < 4.78 is 0.798. The molecule has 3 nitrogen and oxygen atoms in total. The first kappa shape index (κ1) is 13.1. The summed E-state index contributed by atoms with van der Waals surface area (Å²) in [6, 6.07) is 14.5. The van der Waals surface area contributed by atoms with E-state index in [9.17, 15) is 9.59 Å².